The number of likely N-dealkylation sites (tertiary alicyclic amines) is 1. The van der Waals surface area contributed by atoms with Crippen LogP contribution in [-0.4, -0.2) is 80.9 Å². The van der Waals surface area contributed by atoms with E-state index in [4.69, 9.17) is 5.14 Å². The van der Waals surface area contributed by atoms with Gasteiger partial charge in [-0.15, -0.1) is 0 Å². The fourth-order valence-corrected chi connectivity index (χ4v) is 3.99. The maximum absolute atomic E-state index is 12.4. The number of hydrogen-bond acceptors (Lipinski definition) is 5. The van der Waals surface area contributed by atoms with E-state index in [0.29, 0.717) is 38.4 Å². The van der Waals surface area contributed by atoms with Gasteiger partial charge in [0.2, 0.25) is 15.9 Å². The van der Waals surface area contributed by atoms with Gasteiger partial charge in [-0.05, 0) is 43.5 Å². The highest BCUT2D eigenvalue weighted by atomic mass is 32.2. The molecule has 0 atom stereocenters. The van der Waals surface area contributed by atoms with Gasteiger partial charge in [-0.2, -0.15) is 0 Å². The first kappa shape index (κ1) is 20.6. The van der Waals surface area contributed by atoms with Crippen molar-refractivity contribution in [1.82, 2.24) is 14.7 Å². The number of piperidine rings is 1. The molecule has 0 aromatic heterocycles. The second kappa shape index (κ2) is 8.89. The topological polar surface area (TPSA) is 116 Å². The Hall–Kier alpha value is -2.17. The standard InChI is InChI=1S/C18H27N5O4S/c19-28(26,27)16-6-4-15(5-7-16)20-18(25)23-12-10-21(11-13-23)14-17(24)22-8-2-1-3-9-22/h4-7H,1-3,8-14H2,(H,20,25)(H2,19,26,27). The van der Waals surface area contributed by atoms with E-state index in [1.807, 2.05) is 4.90 Å². The van der Waals surface area contributed by atoms with Crippen molar-refractivity contribution in [2.24, 2.45) is 5.14 Å². The first-order valence-corrected chi connectivity index (χ1v) is 11.1. The number of rotatable bonds is 4. The Morgan fingerprint density at radius 1 is 0.893 bits per heavy atom. The number of carbonyl (C=O) groups excluding carboxylic acids is 2. The number of piperazine rings is 1. The van der Waals surface area contributed by atoms with Gasteiger partial charge in [0.1, 0.15) is 0 Å². The molecule has 1 aromatic rings. The van der Waals surface area contributed by atoms with Crippen LogP contribution >= 0.6 is 0 Å². The lowest BCUT2D eigenvalue weighted by atomic mass is 10.1. The first-order valence-electron chi connectivity index (χ1n) is 9.52. The molecule has 0 bridgehead atoms. The lowest BCUT2D eigenvalue weighted by molar-refractivity contribution is -0.133. The summed E-state index contributed by atoms with van der Waals surface area (Å²) in [7, 11) is -3.75. The van der Waals surface area contributed by atoms with Crippen LogP contribution in [-0.2, 0) is 14.8 Å². The van der Waals surface area contributed by atoms with Crippen molar-refractivity contribution in [3.05, 3.63) is 24.3 Å². The fourth-order valence-electron chi connectivity index (χ4n) is 3.47. The summed E-state index contributed by atoms with van der Waals surface area (Å²) in [4.78, 5) is 30.5. The van der Waals surface area contributed by atoms with E-state index >= 15 is 0 Å². The van der Waals surface area contributed by atoms with E-state index in [2.05, 4.69) is 10.2 Å². The largest absolute Gasteiger partial charge is 0.342 e. The zero-order valence-corrected chi connectivity index (χ0v) is 16.7. The maximum atomic E-state index is 12.4. The molecule has 3 rings (SSSR count). The zero-order chi connectivity index (χ0) is 20.1. The Morgan fingerprint density at radius 2 is 1.50 bits per heavy atom. The Bertz CT molecular complexity index is 798. The summed E-state index contributed by atoms with van der Waals surface area (Å²) in [6.07, 6.45) is 3.36. The molecule has 2 heterocycles. The van der Waals surface area contributed by atoms with Gasteiger partial charge in [0.05, 0.1) is 11.4 Å². The molecule has 0 radical (unpaired) electrons. The van der Waals surface area contributed by atoms with Crippen LogP contribution in [0.4, 0.5) is 10.5 Å². The number of nitrogens with zero attached hydrogens (tertiary/aromatic N) is 3. The van der Waals surface area contributed by atoms with Crippen LogP contribution in [0.2, 0.25) is 0 Å². The monoisotopic (exact) mass is 409 g/mol. The van der Waals surface area contributed by atoms with E-state index in [0.717, 1.165) is 25.9 Å². The van der Waals surface area contributed by atoms with Crippen LogP contribution in [0.1, 0.15) is 19.3 Å². The molecule has 154 valence electrons. The number of amides is 3. The van der Waals surface area contributed by atoms with Gasteiger partial charge in [-0.1, -0.05) is 0 Å². The van der Waals surface area contributed by atoms with Crippen molar-refractivity contribution in [3.63, 3.8) is 0 Å². The second-order valence-electron chi connectivity index (χ2n) is 7.20. The molecule has 3 N–H and O–H groups in total. The molecule has 0 aliphatic carbocycles. The number of sulfonamides is 1. The van der Waals surface area contributed by atoms with Gasteiger partial charge in [0.25, 0.3) is 0 Å². The normalized spacial score (nSPS) is 18.8. The van der Waals surface area contributed by atoms with Gasteiger partial charge in [-0.25, -0.2) is 18.4 Å². The van der Waals surface area contributed by atoms with Gasteiger partial charge < -0.3 is 15.1 Å². The van der Waals surface area contributed by atoms with Gasteiger partial charge in [0, 0.05) is 45.0 Å². The molecule has 2 aliphatic heterocycles. The summed E-state index contributed by atoms with van der Waals surface area (Å²) >= 11 is 0. The minimum atomic E-state index is -3.75. The smallest absolute Gasteiger partial charge is 0.321 e. The van der Waals surface area contributed by atoms with Crippen LogP contribution in [0.5, 0.6) is 0 Å². The van der Waals surface area contributed by atoms with Gasteiger partial charge >= 0.3 is 6.03 Å². The SMILES string of the molecule is NS(=O)(=O)c1ccc(NC(=O)N2CCN(CC(=O)N3CCCCC3)CC2)cc1. The van der Waals surface area contributed by atoms with Crippen molar-refractivity contribution in [3.8, 4) is 0 Å². The van der Waals surface area contributed by atoms with Crippen LogP contribution in [0.25, 0.3) is 0 Å². The minimum Gasteiger partial charge on any atom is -0.342 e. The Kier molecular flexibility index (Phi) is 6.53. The van der Waals surface area contributed by atoms with Crippen molar-refractivity contribution in [1.29, 1.82) is 0 Å². The highest BCUT2D eigenvalue weighted by molar-refractivity contribution is 7.89. The summed E-state index contributed by atoms with van der Waals surface area (Å²) in [5.74, 6) is 0.174. The molecule has 9 nitrogen and oxygen atoms in total. The molecule has 2 fully saturated rings. The molecule has 3 amide bonds. The summed E-state index contributed by atoms with van der Waals surface area (Å²) in [5.41, 5.74) is 0.500. The average Bonchev–Trinajstić information content (AvgIpc) is 2.69. The fraction of sp³-hybridized carbons (Fsp3) is 0.556. The lowest BCUT2D eigenvalue weighted by Gasteiger charge is -2.36. The molecule has 2 saturated heterocycles. The molecule has 0 unspecified atom stereocenters. The number of urea groups is 1. The zero-order valence-electron chi connectivity index (χ0n) is 15.8. The first-order chi connectivity index (χ1) is 13.3. The molecule has 2 aliphatic rings. The number of carbonyl (C=O) groups is 2. The summed E-state index contributed by atoms with van der Waals surface area (Å²) in [6.45, 7) is 4.48. The summed E-state index contributed by atoms with van der Waals surface area (Å²) < 4.78 is 22.5. The molecule has 10 heteroatoms. The van der Waals surface area contributed by atoms with Crippen LogP contribution in [0.3, 0.4) is 0 Å². The molecule has 0 saturated carbocycles. The highest BCUT2D eigenvalue weighted by Crippen LogP contribution is 2.14. The van der Waals surface area contributed by atoms with Crippen LogP contribution < -0.4 is 10.5 Å². The highest BCUT2D eigenvalue weighted by Gasteiger charge is 2.25. The van der Waals surface area contributed by atoms with Crippen molar-refractivity contribution in [2.75, 3.05) is 51.1 Å². The van der Waals surface area contributed by atoms with E-state index in [1.165, 1.54) is 30.7 Å². The number of nitrogens with one attached hydrogen (secondary N) is 1. The number of nitrogens with two attached hydrogens (primary N) is 1. The number of anilines is 1. The third-order valence-electron chi connectivity index (χ3n) is 5.16. The summed E-state index contributed by atoms with van der Waals surface area (Å²) in [6, 6.07) is 5.48. The quantitative estimate of drug-likeness (QED) is 0.751. The Morgan fingerprint density at radius 3 is 2.07 bits per heavy atom. The Labute approximate surface area is 165 Å². The third-order valence-corrected chi connectivity index (χ3v) is 6.09. The van der Waals surface area contributed by atoms with E-state index in [9.17, 15) is 18.0 Å². The second-order valence-corrected chi connectivity index (χ2v) is 8.77. The molecular formula is C18H27N5O4S. The Balaban J connectivity index is 1.45. The number of hydrogen-bond donors (Lipinski definition) is 2. The predicted molar refractivity (Wildman–Crippen MR) is 105 cm³/mol. The summed E-state index contributed by atoms with van der Waals surface area (Å²) in [5, 5.41) is 7.82. The number of benzene rings is 1. The van der Waals surface area contributed by atoms with Crippen molar-refractivity contribution < 1.29 is 18.0 Å². The van der Waals surface area contributed by atoms with Crippen LogP contribution in [0, 0.1) is 0 Å². The van der Waals surface area contributed by atoms with Crippen molar-refractivity contribution in [2.45, 2.75) is 24.2 Å². The van der Waals surface area contributed by atoms with Crippen molar-refractivity contribution >= 4 is 27.6 Å². The van der Waals surface area contributed by atoms with Gasteiger partial charge in [-0.3, -0.25) is 9.69 Å². The average molecular weight is 410 g/mol. The lowest BCUT2D eigenvalue weighted by Crippen LogP contribution is -2.52. The molecule has 28 heavy (non-hydrogen) atoms. The van der Waals surface area contributed by atoms with Crippen LogP contribution in [0.15, 0.2) is 29.2 Å². The molecular weight excluding hydrogens is 382 g/mol. The number of primary sulfonamides is 1. The third kappa shape index (κ3) is 5.43. The minimum absolute atomic E-state index is 0.00233. The van der Waals surface area contributed by atoms with Gasteiger partial charge in [0.15, 0.2) is 0 Å². The maximum Gasteiger partial charge on any atom is 0.321 e. The van der Waals surface area contributed by atoms with E-state index in [-0.39, 0.29) is 16.8 Å². The van der Waals surface area contributed by atoms with E-state index < -0.39 is 10.0 Å². The van der Waals surface area contributed by atoms with E-state index in [1.54, 1.807) is 4.90 Å². The predicted octanol–water partition coefficient (Wildman–Crippen LogP) is 0.496. The molecule has 1 aromatic carbocycles. The molecule has 0 spiro atoms.